The van der Waals surface area contributed by atoms with Gasteiger partial charge in [0.05, 0.1) is 14.2 Å². The van der Waals surface area contributed by atoms with Gasteiger partial charge in [0.25, 0.3) is 0 Å². The second kappa shape index (κ2) is 6.90. The summed E-state index contributed by atoms with van der Waals surface area (Å²) in [5.74, 6) is 1.89. The van der Waals surface area contributed by atoms with Crippen molar-refractivity contribution >= 4 is 11.7 Å². The van der Waals surface area contributed by atoms with E-state index in [1.807, 2.05) is 46.2 Å². The Morgan fingerprint density at radius 2 is 1.77 bits per heavy atom. The minimum Gasteiger partial charge on any atom is -0.497 e. The third kappa shape index (κ3) is 2.98. The first-order chi connectivity index (χ1) is 12.7. The normalized spacial score (nSPS) is 18.8. The molecule has 0 N–H and O–H groups in total. The van der Waals surface area contributed by atoms with Crippen molar-refractivity contribution in [2.45, 2.75) is 18.8 Å². The molecule has 0 saturated carbocycles. The summed E-state index contributed by atoms with van der Waals surface area (Å²) in [5, 5.41) is 0. The standard InChI is InChI=1S/C21H24N2O3/c1-25-18-11-17(12-19(13-18)26-2)16-7-9-22(14-16)21(24)23-10-8-15-5-3-4-6-20(15)23/h3-6,11-13,16H,7-10,14H2,1-2H3/t16-/m1/s1. The van der Waals surface area contributed by atoms with Crippen LogP contribution in [0.3, 0.4) is 0 Å². The lowest BCUT2D eigenvalue weighted by Gasteiger charge is -2.25. The van der Waals surface area contributed by atoms with Crippen molar-refractivity contribution in [3.8, 4) is 11.5 Å². The molecule has 2 aromatic rings. The minimum absolute atomic E-state index is 0.118. The Morgan fingerprint density at radius 1 is 1.04 bits per heavy atom. The van der Waals surface area contributed by atoms with Crippen LogP contribution in [0.2, 0.25) is 0 Å². The van der Waals surface area contributed by atoms with E-state index in [9.17, 15) is 4.79 Å². The summed E-state index contributed by atoms with van der Waals surface area (Å²) in [6.45, 7) is 2.28. The Hall–Kier alpha value is -2.69. The number of methoxy groups -OCH3 is 2. The fraction of sp³-hybridized carbons (Fsp3) is 0.381. The lowest BCUT2D eigenvalue weighted by atomic mass is 9.98. The van der Waals surface area contributed by atoms with Crippen LogP contribution in [0.4, 0.5) is 10.5 Å². The van der Waals surface area contributed by atoms with Gasteiger partial charge in [-0.15, -0.1) is 0 Å². The molecule has 2 aliphatic rings. The zero-order valence-corrected chi connectivity index (χ0v) is 15.3. The highest BCUT2D eigenvalue weighted by Crippen LogP contribution is 2.35. The SMILES string of the molecule is COc1cc(OC)cc([C@@H]2CCN(C(=O)N3CCc4ccccc43)C2)c1. The van der Waals surface area contributed by atoms with Crippen LogP contribution >= 0.6 is 0 Å². The highest BCUT2D eigenvalue weighted by Gasteiger charge is 2.33. The lowest BCUT2D eigenvalue weighted by Crippen LogP contribution is -2.41. The van der Waals surface area contributed by atoms with Gasteiger partial charge in [-0.2, -0.15) is 0 Å². The summed E-state index contributed by atoms with van der Waals surface area (Å²) in [6, 6.07) is 14.3. The molecule has 26 heavy (non-hydrogen) atoms. The molecular formula is C21H24N2O3. The largest absolute Gasteiger partial charge is 0.497 e. The number of para-hydroxylation sites is 1. The Morgan fingerprint density at radius 3 is 2.50 bits per heavy atom. The summed E-state index contributed by atoms with van der Waals surface area (Å²) in [5.41, 5.74) is 3.48. The summed E-state index contributed by atoms with van der Waals surface area (Å²) >= 11 is 0. The molecule has 136 valence electrons. The number of fused-ring (bicyclic) bond motifs is 1. The molecule has 5 nitrogen and oxygen atoms in total. The molecule has 2 aliphatic heterocycles. The molecular weight excluding hydrogens is 328 g/mol. The topological polar surface area (TPSA) is 42.0 Å². The highest BCUT2D eigenvalue weighted by atomic mass is 16.5. The van der Waals surface area contributed by atoms with E-state index in [2.05, 4.69) is 6.07 Å². The maximum atomic E-state index is 13.0. The highest BCUT2D eigenvalue weighted by molar-refractivity contribution is 5.94. The van der Waals surface area contributed by atoms with Gasteiger partial charge >= 0.3 is 6.03 Å². The van der Waals surface area contributed by atoms with Crippen molar-refractivity contribution in [2.24, 2.45) is 0 Å². The fourth-order valence-corrected chi connectivity index (χ4v) is 3.98. The first-order valence-corrected chi connectivity index (χ1v) is 9.07. The van der Waals surface area contributed by atoms with Gasteiger partial charge in [0.2, 0.25) is 0 Å². The second-order valence-corrected chi connectivity index (χ2v) is 6.89. The maximum Gasteiger partial charge on any atom is 0.324 e. The molecule has 0 aliphatic carbocycles. The summed E-state index contributed by atoms with van der Waals surface area (Å²) in [4.78, 5) is 16.9. The Bertz CT molecular complexity index is 798. The van der Waals surface area contributed by atoms with Gasteiger partial charge in [-0.25, -0.2) is 4.79 Å². The molecule has 1 atom stereocenters. The molecule has 2 heterocycles. The first-order valence-electron chi connectivity index (χ1n) is 9.07. The Kier molecular flexibility index (Phi) is 4.45. The van der Waals surface area contributed by atoms with E-state index in [0.29, 0.717) is 5.92 Å². The molecule has 2 amide bonds. The van der Waals surface area contributed by atoms with E-state index in [1.54, 1.807) is 14.2 Å². The van der Waals surface area contributed by atoms with E-state index < -0.39 is 0 Å². The monoisotopic (exact) mass is 352 g/mol. The van der Waals surface area contributed by atoms with Crippen LogP contribution in [0.1, 0.15) is 23.5 Å². The van der Waals surface area contributed by atoms with Crippen molar-refractivity contribution in [3.05, 3.63) is 53.6 Å². The van der Waals surface area contributed by atoms with E-state index in [0.717, 1.165) is 49.7 Å². The summed E-state index contributed by atoms with van der Waals surface area (Å²) < 4.78 is 10.8. The van der Waals surface area contributed by atoms with Crippen LogP contribution in [0.25, 0.3) is 0 Å². The third-order valence-corrected chi connectivity index (χ3v) is 5.42. The van der Waals surface area contributed by atoms with Crippen LogP contribution in [-0.2, 0) is 6.42 Å². The van der Waals surface area contributed by atoms with Gasteiger partial charge in [0, 0.05) is 37.3 Å². The molecule has 0 unspecified atom stereocenters. The van der Waals surface area contributed by atoms with Gasteiger partial charge < -0.3 is 14.4 Å². The molecule has 0 radical (unpaired) electrons. The number of likely N-dealkylation sites (tertiary alicyclic amines) is 1. The van der Waals surface area contributed by atoms with E-state index in [1.165, 1.54) is 11.1 Å². The minimum atomic E-state index is 0.118. The molecule has 0 spiro atoms. The van der Waals surface area contributed by atoms with E-state index in [-0.39, 0.29) is 6.03 Å². The van der Waals surface area contributed by atoms with E-state index in [4.69, 9.17) is 9.47 Å². The number of rotatable bonds is 3. The van der Waals surface area contributed by atoms with Gasteiger partial charge in [-0.1, -0.05) is 18.2 Å². The molecule has 0 aromatic heterocycles. The molecule has 0 bridgehead atoms. The number of benzene rings is 2. The van der Waals surface area contributed by atoms with Crippen LogP contribution in [0.5, 0.6) is 11.5 Å². The number of amides is 2. The van der Waals surface area contributed by atoms with Crippen molar-refractivity contribution in [2.75, 3.05) is 38.8 Å². The molecule has 5 heteroatoms. The number of ether oxygens (including phenoxy) is 2. The van der Waals surface area contributed by atoms with Gasteiger partial charge in [0.15, 0.2) is 0 Å². The summed E-state index contributed by atoms with van der Waals surface area (Å²) in [7, 11) is 3.32. The van der Waals surface area contributed by atoms with E-state index >= 15 is 0 Å². The number of hydrogen-bond acceptors (Lipinski definition) is 3. The van der Waals surface area contributed by atoms with Crippen molar-refractivity contribution in [1.82, 2.24) is 4.90 Å². The van der Waals surface area contributed by atoms with Crippen molar-refractivity contribution < 1.29 is 14.3 Å². The van der Waals surface area contributed by atoms with Crippen LogP contribution in [0.15, 0.2) is 42.5 Å². The second-order valence-electron chi connectivity index (χ2n) is 6.89. The van der Waals surface area contributed by atoms with Crippen LogP contribution < -0.4 is 14.4 Å². The number of hydrogen-bond donors (Lipinski definition) is 0. The summed E-state index contributed by atoms with van der Waals surface area (Å²) in [6.07, 6.45) is 1.89. The molecule has 1 fully saturated rings. The smallest absolute Gasteiger partial charge is 0.324 e. The van der Waals surface area contributed by atoms with Gasteiger partial charge in [-0.05, 0) is 42.2 Å². The number of carbonyl (C=O) groups excluding carboxylic acids is 1. The zero-order chi connectivity index (χ0) is 18.1. The van der Waals surface area contributed by atoms with Gasteiger partial charge in [-0.3, -0.25) is 4.90 Å². The van der Waals surface area contributed by atoms with Crippen molar-refractivity contribution in [1.29, 1.82) is 0 Å². The Balaban J connectivity index is 1.50. The molecule has 2 aromatic carbocycles. The fourth-order valence-electron chi connectivity index (χ4n) is 3.98. The van der Waals surface area contributed by atoms with Crippen LogP contribution in [0, 0.1) is 0 Å². The number of carbonyl (C=O) groups is 1. The third-order valence-electron chi connectivity index (χ3n) is 5.42. The number of nitrogens with zero attached hydrogens (tertiary/aromatic N) is 2. The molecule has 1 saturated heterocycles. The number of urea groups is 1. The molecule has 4 rings (SSSR count). The first kappa shape index (κ1) is 16.8. The number of anilines is 1. The Labute approximate surface area is 154 Å². The average molecular weight is 352 g/mol. The average Bonchev–Trinajstić information content (AvgIpc) is 3.34. The quantitative estimate of drug-likeness (QED) is 0.846. The maximum absolute atomic E-state index is 13.0. The van der Waals surface area contributed by atoms with Crippen molar-refractivity contribution in [3.63, 3.8) is 0 Å². The van der Waals surface area contributed by atoms with Gasteiger partial charge in [0.1, 0.15) is 11.5 Å². The lowest BCUT2D eigenvalue weighted by molar-refractivity contribution is 0.215. The predicted octanol–water partition coefficient (Wildman–Crippen LogP) is 3.68. The predicted molar refractivity (Wildman–Crippen MR) is 101 cm³/mol. The van der Waals surface area contributed by atoms with Crippen LogP contribution in [-0.4, -0.2) is 44.8 Å². The zero-order valence-electron chi connectivity index (χ0n) is 15.3.